The highest BCUT2D eigenvalue weighted by Gasteiger charge is 2.42. The van der Waals surface area contributed by atoms with Crippen molar-refractivity contribution >= 4 is 117 Å². The predicted molar refractivity (Wildman–Crippen MR) is 481 cm³/mol. The minimum Gasteiger partial charge on any atom is -0.508 e. The van der Waals surface area contributed by atoms with E-state index >= 15 is 38.4 Å². The molecule has 8 rings (SSSR count). The smallest absolute Gasteiger partial charge is 0.246 e. The van der Waals surface area contributed by atoms with Gasteiger partial charge >= 0.3 is 0 Å². The molecular weight excluding hydrogens is 1680 g/mol. The van der Waals surface area contributed by atoms with Crippen molar-refractivity contribution in [3.05, 3.63) is 197 Å². The first-order valence-corrected chi connectivity index (χ1v) is 43.7. The van der Waals surface area contributed by atoms with Crippen LogP contribution in [0.25, 0.3) is 11.0 Å². The second-order valence-corrected chi connectivity index (χ2v) is 34.0. The summed E-state index contributed by atoms with van der Waals surface area (Å²) in [4.78, 5) is 248. The van der Waals surface area contributed by atoms with Crippen molar-refractivity contribution in [3.8, 4) is 11.5 Å². The largest absolute Gasteiger partial charge is 0.508 e. The van der Waals surface area contributed by atoms with Crippen LogP contribution in [0.5, 0.6) is 11.5 Å². The summed E-state index contributed by atoms with van der Waals surface area (Å²) in [7, 11) is 6.60. The summed E-state index contributed by atoms with van der Waals surface area (Å²) in [6.45, 7) is 6.26. The average molecular weight is 1800 g/mol. The van der Waals surface area contributed by atoms with Gasteiger partial charge in [-0.1, -0.05) is 163 Å². The first kappa shape index (κ1) is 101. The van der Waals surface area contributed by atoms with E-state index in [-0.39, 0.29) is 74.5 Å². The Hall–Kier alpha value is -13.7. The van der Waals surface area contributed by atoms with Crippen LogP contribution in [-0.4, -0.2) is 272 Å². The van der Waals surface area contributed by atoms with Crippen LogP contribution in [0, 0.1) is 11.8 Å². The maximum absolute atomic E-state index is 15.5. The second-order valence-electron chi connectivity index (χ2n) is 33.0. The van der Waals surface area contributed by atoms with E-state index in [1.165, 1.54) is 99.8 Å². The van der Waals surface area contributed by atoms with Gasteiger partial charge in [0.05, 0.1) is 31.8 Å². The third-order valence-electron chi connectivity index (χ3n) is 22.0. The predicted octanol–water partition coefficient (Wildman–Crippen LogP) is 1.12. The van der Waals surface area contributed by atoms with E-state index in [9.17, 15) is 48.6 Å². The number of H-pyrrole nitrogens is 1. The Kier molecular flexibility index (Phi) is 38.1. The van der Waals surface area contributed by atoms with Gasteiger partial charge in [-0.3, -0.25) is 76.7 Å². The number of carbonyl (C=O) groups excluding carboxylic acids is 16. The number of likely N-dealkylation sites (N-methyl/N-ethyl adjacent to an activating group) is 5. The standard InChI is InChI=1S/C92H118N18O18S/c1-11-12-30-72-90(126)107(7)51-78(116)99-68(47-75(93)113)86(122)105-80(55(4)5)92(128)109(9)73(44-57-25-18-14-19-26-57)87(123)103-69(43-60-33-37-63(112)38-34-60)88(124)106(6)50-77(115)98-67(46-61-48-96-81-64(61)29-22-39-95-81)85(121)102-66(41-59-31-35-62(111)36-32-59)84(120)101-65(40-54(2)3)83(119)104-71(82(118)97-49-76(94)114)52-129-53-79(117)100-70(42-56-23-16-13-17-24-56)89(125)110(10)74(91(127)108(72)8)45-58-27-20-15-21-28-58/h13-29,31-39,48,54-55,65-74,80,111-112H,11-12,30,40-47,49-53H2,1-10H3,(H2,93,113)(H2,94,114)(H,95,96)(H,97,118)(H,98,115)(H,99,116)(H,100,117)(H,101,120)(H,102,121)(H,103,123)(H,104,119)(H,105,122)/t65-,66-,67-,68-,69-,70-,71-,72-,73-,74-,80-/m0/s1. The monoisotopic (exact) mass is 1790 g/mol. The quantitative estimate of drug-likeness (QED) is 0.0427. The molecule has 1 saturated heterocycles. The average Bonchev–Trinajstić information content (AvgIpc) is 1.50. The number of fused-ring (bicyclic) bond motifs is 1. The third kappa shape index (κ3) is 30.5. The number of phenols is 2. The summed E-state index contributed by atoms with van der Waals surface area (Å²) in [6.07, 6.45) is 1.81. The molecule has 0 bridgehead atoms. The molecule has 16 N–H and O–H groups in total. The van der Waals surface area contributed by atoms with Crippen LogP contribution in [0.1, 0.15) is 100 Å². The van der Waals surface area contributed by atoms with Crippen LogP contribution in [0.15, 0.2) is 164 Å². The fourth-order valence-electron chi connectivity index (χ4n) is 14.9. The number of hydrogen-bond donors (Lipinski definition) is 14. The Balaban J connectivity index is 1.21. The van der Waals surface area contributed by atoms with E-state index in [0.717, 1.165) is 26.5 Å². The fourth-order valence-corrected chi connectivity index (χ4v) is 15.7. The zero-order valence-electron chi connectivity index (χ0n) is 74.1. The fraction of sp³-hybridized carbons (Fsp3) is 0.424. The zero-order chi connectivity index (χ0) is 94.3. The number of nitrogens with two attached hydrogens (primary N) is 2. The molecule has 0 radical (unpaired) electrons. The highest BCUT2D eigenvalue weighted by atomic mass is 32.2. The summed E-state index contributed by atoms with van der Waals surface area (Å²) < 4.78 is 0. The summed E-state index contributed by atoms with van der Waals surface area (Å²) in [6, 6.07) is 23.8. The molecule has 0 spiro atoms. The Bertz CT molecular complexity index is 5070. The van der Waals surface area contributed by atoms with Crippen LogP contribution in [-0.2, 0) is 115 Å². The number of nitrogens with zero attached hydrogens (tertiary/aromatic N) is 6. The molecule has 0 saturated carbocycles. The number of primary amides is 2. The van der Waals surface area contributed by atoms with E-state index in [1.54, 1.807) is 137 Å². The lowest BCUT2D eigenvalue weighted by Crippen LogP contribution is -2.61. The number of aromatic hydroxyl groups is 2. The van der Waals surface area contributed by atoms with Crippen molar-refractivity contribution in [2.24, 2.45) is 23.3 Å². The maximum Gasteiger partial charge on any atom is 0.246 e. The molecule has 37 heteroatoms. The Morgan fingerprint density at radius 3 is 1.46 bits per heavy atom. The summed E-state index contributed by atoms with van der Waals surface area (Å²) >= 11 is 0.831. The number of hydrogen-bond acceptors (Lipinski definition) is 20. The molecule has 1 fully saturated rings. The van der Waals surface area contributed by atoms with Crippen molar-refractivity contribution in [1.82, 2.24) is 82.3 Å². The van der Waals surface area contributed by atoms with Crippen LogP contribution in [0.3, 0.4) is 0 Å². The van der Waals surface area contributed by atoms with Crippen molar-refractivity contribution in [3.63, 3.8) is 0 Å². The van der Waals surface area contributed by atoms with Gasteiger partial charge in [-0.2, -0.15) is 0 Å². The normalized spacial score (nSPS) is 21.9. The van der Waals surface area contributed by atoms with Gasteiger partial charge in [-0.05, 0) is 94.5 Å². The minimum atomic E-state index is -1.78. The molecule has 11 atom stereocenters. The van der Waals surface area contributed by atoms with E-state index in [0.29, 0.717) is 57.3 Å². The molecule has 0 aliphatic carbocycles. The molecule has 5 aromatic carbocycles. The molecular formula is C92H118N18O18S. The Morgan fingerprint density at radius 2 is 0.922 bits per heavy atom. The van der Waals surface area contributed by atoms with Gasteiger partial charge in [0.15, 0.2) is 0 Å². The van der Waals surface area contributed by atoms with Gasteiger partial charge < -0.3 is 99.0 Å². The first-order valence-electron chi connectivity index (χ1n) is 42.6. The number of thioether (sulfide) groups is 1. The van der Waals surface area contributed by atoms with E-state index < -0.39 is 199 Å². The molecule has 690 valence electrons. The zero-order valence-corrected chi connectivity index (χ0v) is 74.9. The van der Waals surface area contributed by atoms with Crippen LogP contribution >= 0.6 is 11.8 Å². The second kappa shape index (κ2) is 48.8. The third-order valence-corrected chi connectivity index (χ3v) is 23.0. The number of benzene rings is 5. The molecule has 2 aromatic heterocycles. The molecule has 0 unspecified atom stereocenters. The van der Waals surface area contributed by atoms with Crippen molar-refractivity contribution in [2.45, 2.75) is 172 Å². The van der Waals surface area contributed by atoms with Gasteiger partial charge in [0, 0.05) is 97.3 Å². The summed E-state index contributed by atoms with van der Waals surface area (Å²) in [5, 5.41) is 45.3. The molecule has 36 nitrogen and oxygen atoms in total. The Morgan fingerprint density at radius 1 is 0.465 bits per heavy atom. The van der Waals surface area contributed by atoms with Crippen LogP contribution in [0.2, 0.25) is 0 Å². The number of unbranched alkanes of at least 4 members (excludes halogenated alkanes) is 1. The van der Waals surface area contributed by atoms with Crippen molar-refractivity contribution in [1.29, 1.82) is 0 Å². The van der Waals surface area contributed by atoms with E-state index in [4.69, 9.17) is 11.5 Å². The minimum absolute atomic E-state index is 0.0452. The van der Waals surface area contributed by atoms with Gasteiger partial charge in [0.2, 0.25) is 94.5 Å². The Labute approximate surface area is 753 Å². The SMILES string of the molecule is CCCC[C@H]1C(=O)N(C)CC(=O)N[C@@H](CC(N)=O)C(=O)N[C@@H](C(C)C)C(=O)N(C)[C@@H](Cc2ccccc2)C(=O)N[C@@H](Cc2ccc(O)cc2)C(=O)N(C)CC(=O)N[C@@H](Cc2c[nH]c3ncccc23)C(=O)N[C@@H](Cc2ccc(O)cc2)C(=O)N[C@@H](CC(C)C)C(=O)N[C@H](C(=O)NCC(N)=O)CSCC(=O)N[C@@H](Cc2ccccc2)C(=O)N(C)[C@@H](Cc2ccccc2)C(=O)N1C. The summed E-state index contributed by atoms with van der Waals surface area (Å²) in [5.74, 6) is -16.7. The van der Waals surface area contributed by atoms with Crippen LogP contribution < -0.4 is 59.3 Å². The highest BCUT2D eigenvalue weighted by molar-refractivity contribution is 8.00. The maximum atomic E-state index is 15.5. The number of aromatic nitrogens is 2. The first-order chi connectivity index (χ1) is 61.4. The van der Waals surface area contributed by atoms with Gasteiger partial charge in [-0.15, -0.1) is 11.8 Å². The lowest BCUT2D eigenvalue weighted by atomic mass is 9.98. The van der Waals surface area contributed by atoms with Crippen molar-refractivity contribution < 1.29 is 86.9 Å². The highest BCUT2D eigenvalue weighted by Crippen LogP contribution is 2.24. The number of amides is 16. The number of aromatic amines is 1. The van der Waals surface area contributed by atoms with E-state index in [1.807, 2.05) is 6.92 Å². The summed E-state index contributed by atoms with van der Waals surface area (Å²) in [5.41, 5.74) is 14.6. The number of nitrogens with one attached hydrogen (secondary N) is 10. The number of phenolic OH excluding ortho intramolecular Hbond substituents is 2. The topological polar surface area (TPSA) is 519 Å². The number of rotatable bonds is 23. The van der Waals surface area contributed by atoms with Gasteiger partial charge in [0.1, 0.15) is 83.6 Å². The number of pyridine rings is 1. The molecule has 3 heterocycles. The molecule has 7 aromatic rings. The van der Waals surface area contributed by atoms with Gasteiger partial charge in [0.25, 0.3) is 0 Å². The van der Waals surface area contributed by atoms with Crippen molar-refractivity contribution in [2.75, 3.05) is 66.4 Å². The number of carbonyl (C=O) groups is 16. The lowest BCUT2D eigenvalue weighted by Gasteiger charge is -2.37. The molecule has 1 aliphatic rings. The lowest BCUT2D eigenvalue weighted by molar-refractivity contribution is -0.151. The molecule has 1 aliphatic heterocycles. The van der Waals surface area contributed by atoms with E-state index in [2.05, 4.69) is 57.8 Å². The van der Waals surface area contributed by atoms with Crippen LogP contribution in [0.4, 0.5) is 0 Å². The van der Waals surface area contributed by atoms with Gasteiger partial charge in [-0.25, -0.2) is 4.98 Å². The molecule has 16 amide bonds. The molecule has 129 heavy (non-hydrogen) atoms.